The van der Waals surface area contributed by atoms with E-state index in [1.54, 1.807) is 62.5 Å². The first-order valence-electron chi connectivity index (χ1n) is 10.2. The lowest BCUT2D eigenvalue weighted by atomic mass is 9.87. The molecule has 2 heterocycles. The number of nitrogens with zero attached hydrogens (tertiary/aromatic N) is 2. The van der Waals surface area contributed by atoms with Gasteiger partial charge in [0.1, 0.15) is 11.6 Å². The van der Waals surface area contributed by atoms with Crippen molar-refractivity contribution in [2.45, 2.75) is 37.4 Å². The number of hydrogen-bond acceptors (Lipinski definition) is 5. The Bertz CT molecular complexity index is 1260. The van der Waals surface area contributed by atoms with Crippen LogP contribution in [0.2, 0.25) is 0 Å². The zero-order valence-electron chi connectivity index (χ0n) is 17.7. The number of hydrogen-bond donors (Lipinski definition) is 2. The molecule has 1 saturated carbocycles. The molecule has 1 aliphatic carbocycles. The Hall–Kier alpha value is -3.33. The minimum Gasteiger partial charge on any atom is -0.325 e. The van der Waals surface area contributed by atoms with Gasteiger partial charge in [-0.05, 0) is 62.6 Å². The van der Waals surface area contributed by atoms with E-state index in [1.807, 2.05) is 0 Å². The van der Waals surface area contributed by atoms with E-state index < -0.39 is 21.3 Å². The molecular weight excluding hydrogens is 431 g/mol. The number of benzene rings is 1. The number of carbonyl (C=O) groups excluding carboxylic acids is 1. The van der Waals surface area contributed by atoms with E-state index in [-0.39, 0.29) is 17.0 Å². The molecule has 166 valence electrons. The lowest BCUT2D eigenvalue weighted by Crippen LogP contribution is -2.35. The van der Waals surface area contributed by atoms with E-state index in [2.05, 4.69) is 20.0 Å². The molecule has 3 aromatic rings. The highest BCUT2D eigenvalue weighted by Crippen LogP contribution is 2.30. The number of halogens is 1. The first-order chi connectivity index (χ1) is 15.1. The number of pyridine rings is 2. The van der Waals surface area contributed by atoms with Gasteiger partial charge in [0.05, 0.1) is 22.6 Å². The van der Waals surface area contributed by atoms with E-state index in [9.17, 15) is 17.6 Å². The third-order valence-electron chi connectivity index (χ3n) is 5.35. The van der Waals surface area contributed by atoms with Crippen LogP contribution in [0, 0.1) is 5.82 Å². The highest BCUT2D eigenvalue weighted by atomic mass is 32.2. The van der Waals surface area contributed by atoms with E-state index >= 15 is 0 Å². The van der Waals surface area contributed by atoms with Crippen molar-refractivity contribution < 1.29 is 17.6 Å². The predicted octanol–water partition coefficient (Wildman–Crippen LogP) is 4.10. The number of sulfonamides is 1. The minimum atomic E-state index is -3.44. The van der Waals surface area contributed by atoms with Crippen LogP contribution in [0.5, 0.6) is 0 Å². The molecule has 0 unspecified atom stereocenters. The Morgan fingerprint density at radius 3 is 2.44 bits per heavy atom. The number of aromatic nitrogens is 2. The molecule has 0 aliphatic heterocycles. The largest absolute Gasteiger partial charge is 0.325 e. The van der Waals surface area contributed by atoms with Gasteiger partial charge >= 0.3 is 0 Å². The third-order valence-corrected chi connectivity index (χ3v) is 7.19. The summed E-state index contributed by atoms with van der Waals surface area (Å²) < 4.78 is 40.3. The van der Waals surface area contributed by atoms with Crippen molar-refractivity contribution in [3.05, 3.63) is 72.4 Å². The lowest BCUT2D eigenvalue weighted by molar-refractivity contribution is -0.120. The van der Waals surface area contributed by atoms with Crippen LogP contribution in [-0.2, 0) is 20.2 Å². The molecule has 0 bridgehead atoms. The number of carbonyl (C=O) groups is 1. The highest BCUT2D eigenvalue weighted by molar-refractivity contribution is 7.93. The molecule has 2 aromatic heterocycles. The first kappa shape index (κ1) is 21.9. The standard InChI is InChI=1S/C23H23FN4O3S/c1-23(2,20-4-3-5-21(27-20)28-32(30,31)19-10-11-19)22(29)26-18-8-6-15(7-9-18)16-12-17(24)14-25-13-16/h3-9,12-14,19H,10-11H2,1-2H3,(H,26,29)(H,27,28). The van der Waals surface area contributed by atoms with Crippen molar-refractivity contribution in [3.63, 3.8) is 0 Å². The van der Waals surface area contributed by atoms with Crippen molar-refractivity contribution in [1.29, 1.82) is 0 Å². The second-order valence-electron chi connectivity index (χ2n) is 8.30. The number of anilines is 2. The second-order valence-corrected chi connectivity index (χ2v) is 10.3. The van der Waals surface area contributed by atoms with Crippen LogP contribution in [0.25, 0.3) is 11.1 Å². The fourth-order valence-corrected chi connectivity index (χ4v) is 4.50. The zero-order chi connectivity index (χ0) is 22.9. The molecule has 0 atom stereocenters. The molecule has 2 N–H and O–H groups in total. The van der Waals surface area contributed by atoms with Gasteiger partial charge in [-0.2, -0.15) is 0 Å². The SMILES string of the molecule is CC(C)(C(=O)Nc1ccc(-c2cncc(F)c2)cc1)c1cccc(NS(=O)(=O)C2CC2)n1. The van der Waals surface area contributed by atoms with Gasteiger partial charge in [0.15, 0.2) is 0 Å². The summed E-state index contributed by atoms with van der Waals surface area (Å²) in [6.07, 6.45) is 4.00. The maximum Gasteiger partial charge on any atom is 0.236 e. The van der Waals surface area contributed by atoms with Crippen LogP contribution in [0.4, 0.5) is 15.9 Å². The molecule has 0 spiro atoms. The average molecular weight is 455 g/mol. The normalized spacial score (nSPS) is 14.1. The van der Waals surface area contributed by atoms with Gasteiger partial charge in [-0.3, -0.25) is 14.5 Å². The summed E-state index contributed by atoms with van der Waals surface area (Å²) >= 11 is 0. The Kier molecular flexibility index (Phi) is 5.68. The van der Waals surface area contributed by atoms with Crippen molar-refractivity contribution in [3.8, 4) is 11.1 Å². The maximum absolute atomic E-state index is 13.4. The summed E-state index contributed by atoms with van der Waals surface area (Å²) in [6, 6.07) is 13.3. The predicted molar refractivity (Wildman–Crippen MR) is 121 cm³/mol. The van der Waals surface area contributed by atoms with Crippen LogP contribution in [-0.4, -0.2) is 29.5 Å². The van der Waals surface area contributed by atoms with Crippen LogP contribution in [0.3, 0.4) is 0 Å². The van der Waals surface area contributed by atoms with Crippen molar-refractivity contribution in [2.75, 3.05) is 10.0 Å². The zero-order valence-corrected chi connectivity index (χ0v) is 18.5. The molecule has 0 radical (unpaired) electrons. The Labute approximate surface area is 186 Å². The Balaban J connectivity index is 1.48. The summed E-state index contributed by atoms with van der Waals surface area (Å²) in [7, 11) is -3.44. The van der Waals surface area contributed by atoms with Crippen LogP contribution in [0.15, 0.2) is 60.9 Å². The van der Waals surface area contributed by atoms with Gasteiger partial charge in [0.25, 0.3) is 0 Å². The summed E-state index contributed by atoms with van der Waals surface area (Å²) in [5, 5.41) is 2.49. The summed E-state index contributed by atoms with van der Waals surface area (Å²) in [4.78, 5) is 21.2. The van der Waals surface area contributed by atoms with Crippen molar-refractivity contribution in [1.82, 2.24) is 9.97 Å². The first-order valence-corrected chi connectivity index (χ1v) is 11.7. The topological polar surface area (TPSA) is 101 Å². The maximum atomic E-state index is 13.4. The number of nitrogens with one attached hydrogen (secondary N) is 2. The molecule has 1 amide bonds. The average Bonchev–Trinajstić information content (AvgIpc) is 3.60. The monoisotopic (exact) mass is 454 g/mol. The highest BCUT2D eigenvalue weighted by Gasteiger charge is 2.36. The van der Waals surface area contributed by atoms with Gasteiger partial charge in [-0.1, -0.05) is 18.2 Å². The van der Waals surface area contributed by atoms with Gasteiger partial charge in [0.2, 0.25) is 15.9 Å². The molecule has 1 aliphatic rings. The van der Waals surface area contributed by atoms with Gasteiger partial charge < -0.3 is 5.32 Å². The number of amides is 1. The van der Waals surface area contributed by atoms with Gasteiger partial charge in [0, 0.05) is 17.4 Å². The van der Waals surface area contributed by atoms with Crippen molar-refractivity contribution in [2.24, 2.45) is 0 Å². The summed E-state index contributed by atoms with van der Waals surface area (Å²) in [6.45, 7) is 3.44. The molecule has 1 fully saturated rings. The van der Waals surface area contributed by atoms with Gasteiger partial charge in [-0.25, -0.2) is 17.8 Å². The number of rotatable bonds is 7. The van der Waals surface area contributed by atoms with Crippen LogP contribution >= 0.6 is 0 Å². The summed E-state index contributed by atoms with van der Waals surface area (Å²) in [5.74, 6) is -0.522. The molecular formula is C23H23FN4O3S. The smallest absolute Gasteiger partial charge is 0.236 e. The lowest BCUT2D eigenvalue weighted by Gasteiger charge is -2.24. The molecule has 1 aromatic carbocycles. The molecule has 7 nitrogen and oxygen atoms in total. The third kappa shape index (κ3) is 4.77. The molecule has 32 heavy (non-hydrogen) atoms. The molecule has 9 heteroatoms. The van der Waals surface area contributed by atoms with Crippen molar-refractivity contribution >= 4 is 27.4 Å². The molecule has 0 saturated heterocycles. The fourth-order valence-electron chi connectivity index (χ4n) is 3.17. The van der Waals surface area contributed by atoms with Crippen LogP contribution < -0.4 is 10.0 Å². The fraction of sp³-hybridized carbons (Fsp3) is 0.261. The Morgan fingerprint density at radius 2 is 1.78 bits per heavy atom. The van der Waals surface area contributed by atoms with E-state index in [1.165, 1.54) is 6.07 Å². The van der Waals surface area contributed by atoms with E-state index in [0.29, 0.717) is 29.8 Å². The Morgan fingerprint density at radius 1 is 1.06 bits per heavy atom. The summed E-state index contributed by atoms with van der Waals surface area (Å²) in [5.41, 5.74) is 1.39. The molecule has 4 rings (SSSR count). The second kappa shape index (κ2) is 8.31. The quantitative estimate of drug-likeness (QED) is 0.560. The van der Waals surface area contributed by atoms with E-state index in [0.717, 1.165) is 11.8 Å². The van der Waals surface area contributed by atoms with E-state index in [4.69, 9.17) is 0 Å². The van der Waals surface area contributed by atoms with Crippen LogP contribution in [0.1, 0.15) is 32.4 Å². The minimum absolute atomic E-state index is 0.198. The van der Waals surface area contributed by atoms with Gasteiger partial charge in [-0.15, -0.1) is 0 Å².